The van der Waals surface area contributed by atoms with Crippen LogP contribution >= 0.6 is 0 Å². The van der Waals surface area contributed by atoms with Gasteiger partial charge in [-0.3, -0.25) is 4.79 Å². The summed E-state index contributed by atoms with van der Waals surface area (Å²) in [7, 11) is 3.58. The van der Waals surface area contributed by atoms with Gasteiger partial charge in [0, 0.05) is 48.7 Å². The van der Waals surface area contributed by atoms with Crippen LogP contribution in [0.2, 0.25) is 0 Å². The number of ether oxygens (including phenoxy) is 1. The number of benzene rings is 2. The van der Waals surface area contributed by atoms with Crippen LogP contribution in [0.25, 0.3) is 44.8 Å². The van der Waals surface area contributed by atoms with Gasteiger partial charge >= 0.3 is 0 Å². The second kappa shape index (κ2) is 9.54. The number of fused-ring (bicyclic) bond motifs is 4. The van der Waals surface area contributed by atoms with Crippen LogP contribution in [0.4, 0.5) is 4.39 Å². The third kappa shape index (κ3) is 4.11. The molecule has 220 valence electrons. The van der Waals surface area contributed by atoms with Crippen LogP contribution in [-0.4, -0.2) is 60.8 Å². The molecule has 2 aliphatic carbocycles. The molecule has 5 aromatic rings. The summed E-state index contributed by atoms with van der Waals surface area (Å²) in [6.45, 7) is 1.50. The smallest absolute Gasteiger partial charge is 0.254 e. The van der Waals surface area contributed by atoms with Gasteiger partial charge in [-0.25, -0.2) is 14.4 Å². The lowest BCUT2D eigenvalue weighted by Gasteiger charge is -2.27. The average molecular weight is 581 g/mol. The summed E-state index contributed by atoms with van der Waals surface area (Å²) in [6, 6.07) is 14.1. The number of phenolic OH excluding ortho intramolecular Hbond substituents is 1. The Morgan fingerprint density at radius 2 is 1.93 bits per heavy atom. The second-order valence-electron chi connectivity index (χ2n) is 12.3. The molecule has 43 heavy (non-hydrogen) atoms. The monoisotopic (exact) mass is 580 g/mol. The number of imidazole rings is 1. The molecule has 2 aromatic carbocycles. The Morgan fingerprint density at radius 1 is 1.09 bits per heavy atom. The number of aromatic nitrogens is 4. The van der Waals surface area contributed by atoms with E-state index in [-0.39, 0.29) is 18.0 Å². The van der Waals surface area contributed by atoms with Gasteiger partial charge in [0.05, 0.1) is 24.0 Å². The number of nitrogens with zero attached hydrogens (tertiary/aromatic N) is 5. The fraction of sp³-hybridized carbons (Fsp3) is 0.364. The molecule has 0 radical (unpaired) electrons. The first-order valence-electron chi connectivity index (χ1n) is 14.9. The maximum atomic E-state index is 13.7. The van der Waals surface area contributed by atoms with Crippen LogP contribution in [0.1, 0.15) is 36.0 Å². The topological polar surface area (TPSA) is 111 Å². The van der Waals surface area contributed by atoms with E-state index in [1.54, 1.807) is 13.2 Å². The van der Waals surface area contributed by atoms with Crippen LogP contribution in [0.3, 0.4) is 0 Å². The number of rotatable bonds is 6. The van der Waals surface area contributed by atoms with E-state index >= 15 is 0 Å². The van der Waals surface area contributed by atoms with Crippen molar-refractivity contribution < 1.29 is 19.0 Å². The highest BCUT2D eigenvalue weighted by Gasteiger charge is 2.47. The molecule has 3 fully saturated rings. The van der Waals surface area contributed by atoms with E-state index in [0.717, 1.165) is 60.3 Å². The fourth-order valence-electron chi connectivity index (χ4n) is 7.16. The van der Waals surface area contributed by atoms with Crippen molar-refractivity contribution in [3.05, 3.63) is 59.9 Å². The molecule has 2 saturated carbocycles. The van der Waals surface area contributed by atoms with E-state index in [1.807, 2.05) is 40.8 Å². The van der Waals surface area contributed by atoms with Gasteiger partial charge in [-0.2, -0.15) is 0 Å². The van der Waals surface area contributed by atoms with Crippen molar-refractivity contribution >= 4 is 28.0 Å². The molecule has 8 rings (SSSR count). The maximum absolute atomic E-state index is 13.7. The summed E-state index contributed by atoms with van der Waals surface area (Å²) in [5.41, 5.74) is 11.5. The number of pyridine rings is 1. The highest BCUT2D eigenvalue weighted by Crippen LogP contribution is 2.40. The molecule has 9 nitrogen and oxygen atoms in total. The van der Waals surface area contributed by atoms with Crippen LogP contribution in [0.5, 0.6) is 11.5 Å². The van der Waals surface area contributed by atoms with E-state index < -0.39 is 11.6 Å². The number of nitrogens with two attached hydrogens (primary N) is 1. The Labute approximate surface area is 247 Å². The number of piperidine rings is 1. The van der Waals surface area contributed by atoms with Crippen molar-refractivity contribution in [2.75, 3.05) is 13.7 Å². The molecule has 1 saturated heterocycles. The molecule has 3 aromatic heterocycles. The van der Waals surface area contributed by atoms with E-state index in [4.69, 9.17) is 20.4 Å². The normalized spacial score (nSPS) is 21.4. The van der Waals surface area contributed by atoms with E-state index in [2.05, 4.69) is 10.6 Å². The molecule has 0 unspecified atom stereocenters. The number of aryl methyl sites for hydroxylation is 1. The number of likely N-dealkylation sites (tertiary alicyclic amines) is 1. The molecule has 3 atom stereocenters. The summed E-state index contributed by atoms with van der Waals surface area (Å²) >= 11 is 0. The minimum absolute atomic E-state index is 0.0264. The summed E-state index contributed by atoms with van der Waals surface area (Å²) in [4.78, 5) is 25.7. The number of halogens is 1. The van der Waals surface area contributed by atoms with Crippen molar-refractivity contribution in [3.8, 4) is 34.3 Å². The molecule has 10 heteroatoms. The molecular formula is C33H33FN6O3. The van der Waals surface area contributed by atoms with Gasteiger partial charge < -0.3 is 29.6 Å². The standard InChI is InChI=1S/C33H33FN6O3/c1-38-30-24(11-21(14-28(30)43-2)33(42)40-16-20-7-10-25(40)29(20)35)37-32(38)26-12-19-6-9-23(18-5-8-22(34)27(41)13-18)36-31(19)39(26)15-17-3-4-17/h5-6,8-9,11-14,17,20,25,29,41H,3-4,7,10,15-16,35H2,1-2H3/t20-,25-,29-/m1/s1. The zero-order valence-corrected chi connectivity index (χ0v) is 24.1. The lowest BCUT2D eigenvalue weighted by Crippen LogP contribution is -2.41. The van der Waals surface area contributed by atoms with Crippen LogP contribution in [-0.2, 0) is 13.6 Å². The lowest BCUT2D eigenvalue weighted by atomic mass is 10.1. The first-order valence-corrected chi connectivity index (χ1v) is 14.9. The second-order valence-corrected chi connectivity index (χ2v) is 12.3. The Balaban J connectivity index is 1.24. The predicted octanol–water partition coefficient (Wildman–Crippen LogP) is 5.08. The number of amides is 1. The highest BCUT2D eigenvalue weighted by molar-refractivity contribution is 6.00. The number of aromatic hydroxyl groups is 1. The number of carbonyl (C=O) groups excluding carboxylic acids is 1. The van der Waals surface area contributed by atoms with Gasteiger partial charge in [0.15, 0.2) is 17.4 Å². The zero-order chi connectivity index (χ0) is 29.6. The Morgan fingerprint density at radius 3 is 2.63 bits per heavy atom. The van der Waals surface area contributed by atoms with Crippen LogP contribution < -0.4 is 10.5 Å². The zero-order valence-electron chi connectivity index (χ0n) is 24.1. The largest absolute Gasteiger partial charge is 0.505 e. The Hall–Kier alpha value is -4.44. The molecule has 0 spiro atoms. The Bertz CT molecular complexity index is 1940. The SMILES string of the molecule is COc1cc(C(=O)N2C[C@H]3CC[C@@H]2[C@@H]3N)cc2nc(-c3cc4ccc(-c5ccc(F)c(O)c5)nc4n3CC3CC3)n(C)c12. The first kappa shape index (κ1) is 26.2. The third-order valence-electron chi connectivity index (χ3n) is 9.67. The summed E-state index contributed by atoms with van der Waals surface area (Å²) in [6.07, 6.45) is 4.36. The van der Waals surface area contributed by atoms with Gasteiger partial charge in [-0.05, 0) is 86.1 Å². The molecule has 1 amide bonds. The number of phenols is 1. The lowest BCUT2D eigenvalue weighted by molar-refractivity contribution is 0.0700. The predicted molar refractivity (Wildman–Crippen MR) is 161 cm³/mol. The number of hydrogen-bond acceptors (Lipinski definition) is 6. The minimum Gasteiger partial charge on any atom is -0.505 e. The average Bonchev–Trinajstić information content (AvgIpc) is 3.42. The quantitative estimate of drug-likeness (QED) is 0.290. The van der Waals surface area contributed by atoms with Crippen molar-refractivity contribution in [1.82, 2.24) is 24.0 Å². The van der Waals surface area contributed by atoms with E-state index in [0.29, 0.717) is 46.5 Å². The fourth-order valence-corrected chi connectivity index (χ4v) is 7.16. The molecule has 1 aliphatic heterocycles. The van der Waals surface area contributed by atoms with Crippen LogP contribution in [0.15, 0.2) is 48.5 Å². The van der Waals surface area contributed by atoms with Crippen LogP contribution in [0, 0.1) is 17.7 Å². The van der Waals surface area contributed by atoms with Gasteiger partial charge in [0.1, 0.15) is 16.9 Å². The first-order chi connectivity index (χ1) is 20.8. The molecule has 3 N–H and O–H groups in total. The number of methoxy groups -OCH3 is 1. The minimum atomic E-state index is -0.664. The molecular weight excluding hydrogens is 547 g/mol. The third-order valence-corrected chi connectivity index (χ3v) is 9.67. The maximum Gasteiger partial charge on any atom is 0.254 e. The van der Waals surface area contributed by atoms with Crippen molar-refractivity contribution in [3.63, 3.8) is 0 Å². The van der Waals surface area contributed by atoms with Gasteiger partial charge in [0.25, 0.3) is 5.91 Å². The molecule has 3 aliphatic rings. The summed E-state index contributed by atoms with van der Waals surface area (Å²) in [5.74, 6) is 1.18. The molecule has 2 bridgehead atoms. The summed E-state index contributed by atoms with van der Waals surface area (Å²) in [5, 5.41) is 10.9. The van der Waals surface area contributed by atoms with Gasteiger partial charge in [-0.15, -0.1) is 0 Å². The molecule has 4 heterocycles. The number of carbonyl (C=O) groups is 1. The van der Waals surface area contributed by atoms with Crippen molar-refractivity contribution in [2.45, 2.75) is 44.3 Å². The van der Waals surface area contributed by atoms with Gasteiger partial charge in [-0.1, -0.05) is 0 Å². The van der Waals surface area contributed by atoms with E-state index in [9.17, 15) is 14.3 Å². The van der Waals surface area contributed by atoms with E-state index in [1.165, 1.54) is 12.1 Å². The highest BCUT2D eigenvalue weighted by atomic mass is 19.1. The van der Waals surface area contributed by atoms with Crippen molar-refractivity contribution in [2.24, 2.45) is 24.6 Å². The Kier molecular flexibility index (Phi) is 5.81. The van der Waals surface area contributed by atoms with Gasteiger partial charge in [0.2, 0.25) is 0 Å². The number of hydrogen-bond donors (Lipinski definition) is 2. The van der Waals surface area contributed by atoms with Crippen molar-refractivity contribution in [1.29, 1.82) is 0 Å². The summed E-state index contributed by atoms with van der Waals surface area (Å²) < 4.78 is 23.8.